The van der Waals surface area contributed by atoms with E-state index in [0.717, 1.165) is 27.6 Å². The highest BCUT2D eigenvalue weighted by atomic mass is 32.1. The molecule has 0 aliphatic rings. The van der Waals surface area contributed by atoms with Crippen molar-refractivity contribution in [1.29, 1.82) is 0 Å². The molecule has 0 fully saturated rings. The number of fused-ring (bicyclic) bond motifs is 1. The minimum Gasteiger partial charge on any atom is -0.358 e. The molecule has 0 spiro atoms. The van der Waals surface area contributed by atoms with Gasteiger partial charge in [-0.1, -0.05) is 54.1 Å². The summed E-state index contributed by atoms with van der Waals surface area (Å²) in [6, 6.07) is 24.2. The third kappa shape index (κ3) is 5.39. The molecule has 0 aliphatic carbocycles. The molecule has 0 saturated heterocycles. The molecule has 1 heterocycles. The number of thiocarbonyl (C=S) groups is 1. The summed E-state index contributed by atoms with van der Waals surface area (Å²) in [4.78, 5) is 17.6. The van der Waals surface area contributed by atoms with Gasteiger partial charge in [0.2, 0.25) is 0 Å². The number of aryl methyl sites for hydroxylation is 1. The summed E-state index contributed by atoms with van der Waals surface area (Å²) >= 11 is 5.69. The predicted octanol–water partition coefficient (Wildman–Crippen LogP) is 5.05. The Hall–Kier alpha value is -3.51. The van der Waals surface area contributed by atoms with Gasteiger partial charge in [0, 0.05) is 24.2 Å². The lowest BCUT2D eigenvalue weighted by Crippen LogP contribution is -2.39. The molecule has 1 aromatic heterocycles. The standard InChI is InChI=1S/C26H24FN3OS/c1-18-7-12-24-21(13-18)14-22(25(31)29-24)17-30(16-20-8-10-23(27)11-9-20)26(32)28-15-19-5-3-2-4-6-19/h2-14H,15-17H2,1H3,(H,28,32)(H,29,31). The zero-order valence-electron chi connectivity index (χ0n) is 17.8. The highest BCUT2D eigenvalue weighted by Gasteiger charge is 2.14. The molecule has 162 valence electrons. The minimum absolute atomic E-state index is 0.142. The minimum atomic E-state index is -0.286. The molecule has 2 N–H and O–H groups in total. The number of rotatable bonds is 6. The van der Waals surface area contributed by atoms with Gasteiger partial charge in [-0.3, -0.25) is 4.79 Å². The van der Waals surface area contributed by atoms with Crippen LogP contribution in [-0.2, 0) is 19.6 Å². The topological polar surface area (TPSA) is 48.1 Å². The molecule has 0 amide bonds. The number of H-pyrrole nitrogens is 1. The van der Waals surface area contributed by atoms with Crippen molar-refractivity contribution in [2.45, 2.75) is 26.6 Å². The monoisotopic (exact) mass is 445 g/mol. The number of nitrogens with zero attached hydrogens (tertiary/aromatic N) is 1. The first-order valence-electron chi connectivity index (χ1n) is 10.4. The number of halogens is 1. The van der Waals surface area contributed by atoms with Crippen LogP contribution in [0.25, 0.3) is 10.9 Å². The first-order valence-corrected chi connectivity index (χ1v) is 10.8. The van der Waals surface area contributed by atoms with Gasteiger partial charge in [-0.25, -0.2) is 4.39 Å². The molecular weight excluding hydrogens is 421 g/mol. The Labute approximate surface area is 191 Å². The Kier molecular flexibility index (Phi) is 6.61. The van der Waals surface area contributed by atoms with Crippen molar-refractivity contribution in [2.24, 2.45) is 0 Å². The molecule has 4 nitrogen and oxygen atoms in total. The van der Waals surface area contributed by atoms with Crippen molar-refractivity contribution in [2.75, 3.05) is 0 Å². The van der Waals surface area contributed by atoms with Crippen LogP contribution in [0.1, 0.15) is 22.3 Å². The van der Waals surface area contributed by atoms with E-state index in [-0.39, 0.29) is 11.4 Å². The van der Waals surface area contributed by atoms with Crippen LogP contribution >= 0.6 is 12.2 Å². The molecule has 0 atom stereocenters. The van der Waals surface area contributed by atoms with Crippen molar-refractivity contribution in [1.82, 2.24) is 15.2 Å². The lowest BCUT2D eigenvalue weighted by molar-refractivity contribution is 0.397. The van der Waals surface area contributed by atoms with E-state index in [0.29, 0.717) is 30.3 Å². The second-order valence-corrected chi connectivity index (χ2v) is 8.23. The number of aromatic nitrogens is 1. The van der Waals surface area contributed by atoms with Gasteiger partial charge < -0.3 is 15.2 Å². The second-order valence-electron chi connectivity index (χ2n) is 7.84. The van der Waals surface area contributed by atoms with Gasteiger partial charge in [-0.05, 0) is 66.0 Å². The fourth-order valence-electron chi connectivity index (χ4n) is 3.59. The number of hydrogen-bond acceptors (Lipinski definition) is 2. The van der Waals surface area contributed by atoms with Crippen LogP contribution in [-0.4, -0.2) is 15.0 Å². The Morgan fingerprint density at radius 3 is 2.47 bits per heavy atom. The van der Waals surface area contributed by atoms with Crippen LogP contribution in [0.15, 0.2) is 83.7 Å². The quantitative estimate of drug-likeness (QED) is 0.408. The van der Waals surface area contributed by atoms with E-state index in [4.69, 9.17) is 12.2 Å². The van der Waals surface area contributed by atoms with Crippen LogP contribution < -0.4 is 10.9 Å². The lowest BCUT2D eigenvalue weighted by Gasteiger charge is -2.26. The third-order valence-electron chi connectivity index (χ3n) is 5.30. The van der Waals surface area contributed by atoms with E-state index in [9.17, 15) is 9.18 Å². The number of aromatic amines is 1. The van der Waals surface area contributed by atoms with Crippen molar-refractivity contribution in [3.8, 4) is 0 Å². The van der Waals surface area contributed by atoms with Gasteiger partial charge in [0.15, 0.2) is 5.11 Å². The van der Waals surface area contributed by atoms with E-state index in [1.54, 1.807) is 12.1 Å². The van der Waals surface area contributed by atoms with E-state index in [1.165, 1.54) is 12.1 Å². The summed E-state index contributed by atoms with van der Waals surface area (Å²) in [5, 5.41) is 4.79. The van der Waals surface area contributed by atoms with Gasteiger partial charge in [0.1, 0.15) is 5.82 Å². The number of pyridine rings is 1. The highest BCUT2D eigenvalue weighted by molar-refractivity contribution is 7.80. The maximum Gasteiger partial charge on any atom is 0.253 e. The van der Waals surface area contributed by atoms with Crippen LogP contribution in [0.5, 0.6) is 0 Å². The van der Waals surface area contributed by atoms with Crippen LogP contribution in [0.2, 0.25) is 0 Å². The third-order valence-corrected chi connectivity index (χ3v) is 5.70. The molecule has 0 radical (unpaired) electrons. The van der Waals surface area contributed by atoms with E-state index >= 15 is 0 Å². The van der Waals surface area contributed by atoms with Crippen molar-refractivity contribution < 1.29 is 4.39 Å². The average molecular weight is 446 g/mol. The van der Waals surface area contributed by atoms with E-state index in [2.05, 4.69) is 10.3 Å². The maximum atomic E-state index is 13.4. The summed E-state index contributed by atoms with van der Waals surface area (Å²) in [7, 11) is 0. The first kappa shape index (κ1) is 21.7. The fourth-order valence-corrected chi connectivity index (χ4v) is 3.79. The largest absolute Gasteiger partial charge is 0.358 e. The molecule has 0 bridgehead atoms. The van der Waals surface area contributed by atoms with Gasteiger partial charge in [0.25, 0.3) is 5.56 Å². The van der Waals surface area contributed by atoms with E-state index in [1.807, 2.05) is 66.4 Å². The summed E-state index contributed by atoms with van der Waals surface area (Å²) in [5.74, 6) is -0.286. The second kappa shape index (κ2) is 9.75. The van der Waals surface area contributed by atoms with Crippen molar-refractivity contribution >= 4 is 28.2 Å². The Morgan fingerprint density at radius 2 is 1.72 bits per heavy atom. The SMILES string of the molecule is Cc1ccc2[nH]c(=O)c(CN(Cc3ccc(F)cc3)C(=S)NCc3ccccc3)cc2c1. The van der Waals surface area contributed by atoms with Gasteiger partial charge in [0.05, 0.1) is 6.54 Å². The molecule has 0 unspecified atom stereocenters. The highest BCUT2D eigenvalue weighted by Crippen LogP contribution is 2.16. The number of hydrogen-bond donors (Lipinski definition) is 2. The molecule has 0 aliphatic heterocycles. The lowest BCUT2D eigenvalue weighted by atomic mass is 10.1. The number of benzene rings is 3. The summed E-state index contributed by atoms with van der Waals surface area (Å²) < 4.78 is 13.4. The fraction of sp³-hybridized carbons (Fsp3) is 0.154. The zero-order valence-corrected chi connectivity index (χ0v) is 18.6. The Morgan fingerprint density at radius 1 is 0.969 bits per heavy atom. The normalized spacial score (nSPS) is 10.8. The molecule has 3 aromatic carbocycles. The van der Waals surface area contributed by atoms with Crippen LogP contribution in [0, 0.1) is 12.7 Å². The van der Waals surface area contributed by atoms with Crippen LogP contribution in [0.3, 0.4) is 0 Å². The summed E-state index contributed by atoms with van der Waals surface area (Å²) in [5.41, 5.74) is 4.42. The van der Waals surface area contributed by atoms with Crippen molar-refractivity contribution in [3.05, 3.63) is 117 Å². The summed E-state index contributed by atoms with van der Waals surface area (Å²) in [6.07, 6.45) is 0. The zero-order chi connectivity index (χ0) is 22.5. The van der Waals surface area contributed by atoms with Gasteiger partial charge in [-0.15, -0.1) is 0 Å². The van der Waals surface area contributed by atoms with Gasteiger partial charge in [-0.2, -0.15) is 0 Å². The molecule has 4 aromatic rings. The molecule has 32 heavy (non-hydrogen) atoms. The first-order chi connectivity index (χ1) is 15.5. The Balaban J connectivity index is 1.60. The maximum absolute atomic E-state index is 13.4. The number of nitrogens with one attached hydrogen (secondary N) is 2. The van der Waals surface area contributed by atoms with Crippen LogP contribution in [0.4, 0.5) is 4.39 Å². The average Bonchev–Trinajstić information content (AvgIpc) is 2.80. The summed E-state index contributed by atoms with van der Waals surface area (Å²) in [6.45, 7) is 3.38. The molecule has 4 rings (SSSR count). The smallest absolute Gasteiger partial charge is 0.253 e. The van der Waals surface area contributed by atoms with Crippen molar-refractivity contribution in [3.63, 3.8) is 0 Å². The molecular formula is C26H24FN3OS. The van der Waals surface area contributed by atoms with Gasteiger partial charge >= 0.3 is 0 Å². The van der Waals surface area contributed by atoms with E-state index < -0.39 is 0 Å². The molecule has 0 saturated carbocycles. The Bertz CT molecular complexity index is 1290. The predicted molar refractivity (Wildman–Crippen MR) is 131 cm³/mol. The molecule has 6 heteroatoms.